The summed E-state index contributed by atoms with van der Waals surface area (Å²) in [6.07, 6.45) is 3.72. The lowest BCUT2D eigenvalue weighted by Gasteiger charge is -2.24. The Balaban J connectivity index is 2.39. The Morgan fingerprint density at radius 3 is 2.31 bits per heavy atom. The predicted octanol–water partition coefficient (Wildman–Crippen LogP) is 3.11. The van der Waals surface area contributed by atoms with E-state index in [0.29, 0.717) is 11.3 Å². The fraction of sp³-hybridized carbons (Fsp3) is 0.450. The Morgan fingerprint density at radius 2 is 1.85 bits per heavy atom. The van der Waals surface area contributed by atoms with Crippen LogP contribution in [0.2, 0.25) is 0 Å². The van der Waals surface area contributed by atoms with Gasteiger partial charge in [-0.3, -0.25) is 9.59 Å². The molecule has 0 bridgehead atoms. The quantitative estimate of drug-likeness (QED) is 0.606. The third-order valence-corrected chi connectivity index (χ3v) is 4.75. The third kappa shape index (κ3) is 3.23. The highest BCUT2D eigenvalue weighted by atomic mass is 16.3. The molecule has 0 saturated carbocycles. The summed E-state index contributed by atoms with van der Waals surface area (Å²) < 4.78 is 0. The van der Waals surface area contributed by atoms with Crippen molar-refractivity contribution in [3.8, 4) is 0 Å². The van der Waals surface area contributed by atoms with E-state index < -0.39 is 0 Å². The third-order valence-electron chi connectivity index (χ3n) is 4.75. The van der Waals surface area contributed by atoms with Gasteiger partial charge in [0.15, 0.2) is 0 Å². The van der Waals surface area contributed by atoms with Gasteiger partial charge < -0.3 is 10.0 Å². The molecule has 6 nitrogen and oxygen atoms in total. The molecule has 0 aromatic rings. The number of Topliss-reactive ketones (excluding diaryl/α,β-unsaturated/α-hetero) is 1. The zero-order chi connectivity index (χ0) is 19.8. The maximum Gasteiger partial charge on any atom is 0.277 e. The molecule has 1 heterocycles. The van der Waals surface area contributed by atoms with Gasteiger partial charge in [0.1, 0.15) is 5.76 Å². The summed E-state index contributed by atoms with van der Waals surface area (Å²) in [5.74, 6) is -0.773. The van der Waals surface area contributed by atoms with Crippen molar-refractivity contribution in [3.63, 3.8) is 0 Å². The van der Waals surface area contributed by atoms with E-state index in [1.165, 1.54) is 5.01 Å². The lowest BCUT2D eigenvalue weighted by Crippen LogP contribution is -2.32. The zero-order valence-corrected chi connectivity index (χ0v) is 16.5. The molecule has 26 heavy (non-hydrogen) atoms. The van der Waals surface area contributed by atoms with Gasteiger partial charge in [0.05, 0.1) is 28.5 Å². The Bertz CT molecular complexity index is 810. The van der Waals surface area contributed by atoms with Crippen LogP contribution in [-0.4, -0.2) is 52.1 Å². The molecule has 1 aliphatic carbocycles. The van der Waals surface area contributed by atoms with Gasteiger partial charge in [0.25, 0.3) is 5.91 Å². The molecule has 0 atom stereocenters. The van der Waals surface area contributed by atoms with Gasteiger partial charge in [-0.1, -0.05) is 6.08 Å². The summed E-state index contributed by atoms with van der Waals surface area (Å²) in [6, 6.07) is -0.110. The van der Waals surface area contributed by atoms with Crippen LogP contribution in [0.5, 0.6) is 0 Å². The van der Waals surface area contributed by atoms with Gasteiger partial charge in [0, 0.05) is 19.3 Å². The molecule has 1 N–H and O–H groups in total. The van der Waals surface area contributed by atoms with Crippen molar-refractivity contribution in [1.29, 1.82) is 0 Å². The molecular weight excluding hydrogens is 330 g/mol. The van der Waals surface area contributed by atoms with E-state index in [0.717, 1.165) is 12.2 Å². The summed E-state index contributed by atoms with van der Waals surface area (Å²) in [5, 5.41) is 16.0. The molecule has 0 spiro atoms. The first-order chi connectivity index (χ1) is 12.1. The number of carbonyl (C=O) groups excluding carboxylic acids is 2. The Hall–Kier alpha value is -2.63. The van der Waals surface area contributed by atoms with Crippen molar-refractivity contribution >= 4 is 17.4 Å². The van der Waals surface area contributed by atoms with E-state index in [1.54, 1.807) is 13.8 Å². The highest BCUT2D eigenvalue weighted by Gasteiger charge is 2.42. The Labute approximate surface area is 154 Å². The summed E-state index contributed by atoms with van der Waals surface area (Å²) >= 11 is 0. The fourth-order valence-electron chi connectivity index (χ4n) is 2.87. The molecule has 0 aromatic carbocycles. The Morgan fingerprint density at radius 1 is 1.23 bits per heavy atom. The van der Waals surface area contributed by atoms with E-state index >= 15 is 0 Å². The number of rotatable bonds is 5. The van der Waals surface area contributed by atoms with Crippen molar-refractivity contribution in [3.05, 3.63) is 45.9 Å². The summed E-state index contributed by atoms with van der Waals surface area (Å²) in [4.78, 5) is 27.2. The fourth-order valence-corrected chi connectivity index (χ4v) is 2.87. The number of carbonyl (C=O) groups is 2. The van der Waals surface area contributed by atoms with Gasteiger partial charge in [-0.25, -0.2) is 5.01 Å². The normalized spacial score (nSPS) is 21.7. The number of aliphatic hydroxyl groups is 1. The molecule has 0 radical (unpaired) electrons. The first-order valence-corrected chi connectivity index (χ1v) is 8.80. The summed E-state index contributed by atoms with van der Waals surface area (Å²) in [6.45, 7) is 12.1. The highest BCUT2D eigenvalue weighted by Crippen LogP contribution is 2.37. The average molecular weight is 357 g/mol. The smallest absolute Gasteiger partial charge is 0.277 e. The number of hydrogen-bond acceptors (Lipinski definition) is 5. The van der Waals surface area contributed by atoms with Crippen LogP contribution >= 0.6 is 0 Å². The van der Waals surface area contributed by atoms with Crippen LogP contribution in [0.1, 0.15) is 41.5 Å². The largest absolute Gasteiger partial charge is 0.506 e. The van der Waals surface area contributed by atoms with E-state index in [9.17, 15) is 14.7 Å². The second kappa shape index (κ2) is 7.32. The topological polar surface area (TPSA) is 73.2 Å². The molecule has 140 valence electrons. The van der Waals surface area contributed by atoms with Crippen molar-refractivity contribution < 1.29 is 14.7 Å². The Kier molecular flexibility index (Phi) is 5.54. The number of hydrazone groups is 1. The van der Waals surface area contributed by atoms with Gasteiger partial charge in [-0.15, -0.1) is 0 Å². The molecule has 2 rings (SSSR count). The molecule has 0 unspecified atom stereocenters. The van der Waals surface area contributed by atoms with Gasteiger partial charge in [0.2, 0.25) is 5.78 Å². The minimum absolute atomic E-state index is 0.0773. The van der Waals surface area contributed by atoms with Crippen molar-refractivity contribution in [2.75, 3.05) is 13.6 Å². The van der Waals surface area contributed by atoms with Crippen molar-refractivity contribution in [2.45, 2.75) is 47.6 Å². The number of ketones is 1. The molecule has 2 aliphatic rings. The lowest BCUT2D eigenvalue weighted by molar-refractivity contribution is -0.127. The lowest BCUT2D eigenvalue weighted by atomic mass is 9.80. The molecule has 1 amide bonds. The van der Waals surface area contributed by atoms with Crippen molar-refractivity contribution in [1.82, 2.24) is 9.91 Å². The highest BCUT2D eigenvalue weighted by molar-refractivity contribution is 6.34. The minimum Gasteiger partial charge on any atom is -0.506 e. The molecule has 0 fully saturated rings. The van der Waals surface area contributed by atoms with Gasteiger partial charge in [-0.2, -0.15) is 5.10 Å². The zero-order valence-electron chi connectivity index (χ0n) is 16.5. The molecular formula is C20H27N3O3. The van der Waals surface area contributed by atoms with Crippen LogP contribution < -0.4 is 0 Å². The molecule has 0 saturated heterocycles. The second-order valence-electron chi connectivity index (χ2n) is 6.90. The van der Waals surface area contributed by atoms with Crippen LogP contribution in [0.15, 0.2) is 51.0 Å². The van der Waals surface area contributed by atoms with E-state index in [4.69, 9.17) is 0 Å². The minimum atomic E-state index is -0.339. The first kappa shape index (κ1) is 19.7. The number of nitrogens with zero attached hydrogens (tertiary/aromatic N) is 3. The number of amides is 1. The SMILES string of the molecule is CCN(C)/C(C)=C/C=C(\C)C1=C(O)/C(=C2\C(=O)N(C(C)C)N=C2C)C1=O. The van der Waals surface area contributed by atoms with Crippen LogP contribution in [-0.2, 0) is 9.59 Å². The monoisotopic (exact) mass is 357 g/mol. The van der Waals surface area contributed by atoms with Crippen molar-refractivity contribution in [2.24, 2.45) is 5.10 Å². The first-order valence-electron chi connectivity index (χ1n) is 8.80. The maximum atomic E-state index is 12.6. The van der Waals surface area contributed by atoms with Gasteiger partial charge in [-0.05, 0) is 53.2 Å². The summed E-state index contributed by atoms with van der Waals surface area (Å²) in [5.41, 5.74) is 2.72. The van der Waals surface area contributed by atoms with Gasteiger partial charge >= 0.3 is 0 Å². The summed E-state index contributed by atoms with van der Waals surface area (Å²) in [7, 11) is 1.98. The second-order valence-corrected chi connectivity index (χ2v) is 6.90. The average Bonchev–Trinajstić information content (AvgIpc) is 2.87. The molecule has 0 aromatic heterocycles. The number of hydrogen-bond donors (Lipinski definition) is 1. The van der Waals surface area contributed by atoms with E-state index in [1.807, 2.05) is 40.0 Å². The molecule has 6 heteroatoms. The maximum absolute atomic E-state index is 12.6. The van der Waals surface area contributed by atoms with Crippen LogP contribution in [0.4, 0.5) is 0 Å². The van der Waals surface area contributed by atoms with Crippen LogP contribution in [0.25, 0.3) is 0 Å². The number of aliphatic hydroxyl groups excluding tert-OH is 1. The predicted molar refractivity (Wildman–Crippen MR) is 103 cm³/mol. The van der Waals surface area contributed by atoms with E-state index in [2.05, 4.69) is 16.9 Å². The van der Waals surface area contributed by atoms with Crippen LogP contribution in [0.3, 0.4) is 0 Å². The van der Waals surface area contributed by atoms with E-state index in [-0.39, 0.29) is 40.2 Å². The number of allylic oxidation sites excluding steroid dienone is 6. The van der Waals surface area contributed by atoms with Crippen LogP contribution in [0, 0.1) is 0 Å². The molecule has 1 aliphatic heterocycles. The standard InChI is InChI=1S/C20H27N3O3/c1-8-22(7)13(5)10-9-12(4)15-18(24)17(19(15)25)16-14(6)21-23(11(2)3)20(16)26/h9-11,24H,8H2,1-7H3/b12-9+,13-10+,17-16+.